The molecule has 0 saturated carbocycles. The first kappa shape index (κ1) is 55.4. The van der Waals surface area contributed by atoms with Crippen LogP contribution < -0.4 is 0 Å². The molecule has 0 aliphatic heterocycles. The van der Waals surface area contributed by atoms with Crippen LogP contribution in [0.1, 0.15) is 245 Å². The summed E-state index contributed by atoms with van der Waals surface area (Å²) in [5.41, 5.74) is 0. The molecular formula is C52H92O6. The van der Waals surface area contributed by atoms with Gasteiger partial charge in [0.1, 0.15) is 13.2 Å². The third kappa shape index (κ3) is 44.5. The molecule has 6 heteroatoms. The van der Waals surface area contributed by atoms with Crippen LogP contribution in [-0.4, -0.2) is 37.2 Å². The summed E-state index contributed by atoms with van der Waals surface area (Å²) in [6.07, 6.45) is 55.2. The summed E-state index contributed by atoms with van der Waals surface area (Å²) in [4.78, 5) is 37.8. The van der Waals surface area contributed by atoms with Gasteiger partial charge in [0, 0.05) is 19.3 Å². The molecule has 0 fully saturated rings. The Morgan fingerprint density at radius 1 is 0.362 bits per heavy atom. The largest absolute Gasteiger partial charge is 0.462 e. The Morgan fingerprint density at radius 2 is 0.672 bits per heavy atom. The number of rotatable bonds is 44. The summed E-state index contributed by atoms with van der Waals surface area (Å²) in [6, 6.07) is 0. The molecule has 0 aromatic rings. The average molecular weight is 813 g/mol. The van der Waals surface area contributed by atoms with E-state index in [1.165, 1.54) is 122 Å². The van der Waals surface area contributed by atoms with E-state index in [0.717, 1.165) is 83.5 Å². The molecule has 0 aliphatic carbocycles. The van der Waals surface area contributed by atoms with Crippen molar-refractivity contribution < 1.29 is 28.6 Å². The molecule has 1 unspecified atom stereocenters. The van der Waals surface area contributed by atoms with Crippen molar-refractivity contribution in [1.29, 1.82) is 0 Å². The highest BCUT2D eigenvalue weighted by Crippen LogP contribution is 2.15. The summed E-state index contributed by atoms with van der Waals surface area (Å²) in [5, 5.41) is 0. The van der Waals surface area contributed by atoms with Gasteiger partial charge in [0.05, 0.1) is 0 Å². The summed E-state index contributed by atoms with van der Waals surface area (Å²) in [7, 11) is 0. The van der Waals surface area contributed by atoms with E-state index in [4.69, 9.17) is 14.2 Å². The van der Waals surface area contributed by atoms with E-state index >= 15 is 0 Å². The second-order valence-corrected chi connectivity index (χ2v) is 16.4. The maximum absolute atomic E-state index is 12.8. The highest BCUT2D eigenvalue weighted by molar-refractivity contribution is 5.71. The molecule has 0 aromatic carbocycles. The lowest BCUT2D eigenvalue weighted by Gasteiger charge is -2.18. The van der Waals surface area contributed by atoms with E-state index in [2.05, 4.69) is 69.4 Å². The van der Waals surface area contributed by atoms with Crippen LogP contribution in [0.5, 0.6) is 0 Å². The molecule has 0 spiro atoms. The van der Waals surface area contributed by atoms with Gasteiger partial charge in [-0.2, -0.15) is 0 Å². The van der Waals surface area contributed by atoms with Crippen LogP contribution >= 0.6 is 0 Å². The fourth-order valence-electron chi connectivity index (χ4n) is 6.90. The zero-order valence-electron chi connectivity index (χ0n) is 38.3. The van der Waals surface area contributed by atoms with Crippen LogP contribution in [0.25, 0.3) is 0 Å². The minimum atomic E-state index is -0.783. The van der Waals surface area contributed by atoms with Gasteiger partial charge in [-0.3, -0.25) is 14.4 Å². The molecular weight excluding hydrogens is 721 g/mol. The molecule has 0 amide bonds. The Bertz CT molecular complexity index is 1030. The highest BCUT2D eigenvalue weighted by Gasteiger charge is 2.19. The van der Waals surface area contributed by atoms with Gasteiger partial charge in [-0.05, 0) is 57.8 Å². The van der Waals surface area contributed by atoms with Crippen molar-refractivity contribution in [2.45, 2.75) is 252 Å². The molecule has 1 atom stereocenters. The number of unbranched alkanes of at least 4 members (excludes halogenated alkanes) is 25. The van der Waals surface area contributed by atoms with Gasteiger partial charge in [-0.25, -0.2) is 0 Å². The van der Waals surface area contributed by atoms with Crippen LogP contribution in [0.4, 0.5) is 0 Å². The van der Waals surface area contributed by atoms with Crippen molar-refractivity contribution in [1.82, 2.24) is 0 Å². The van der Waals surface area contributed by atoms with Gasteiger partial charge in [0.25, 0.3) is 0 Å². The van der Waals surface area contributed by atoms with Crippen molar-refractivity contribution >= 4 is 17.9 Å². The first-order chi connectivity index (χ1) is 28.5. The lowest BCUT2D eigenvalue weighted by Crippen LogP contribution is -2.30. The van der Waals surface area contributed by atoms with E-state index in [1.54, 1.807) is 0 Å². The number of carbonyl (C=O) groups is 3. The molecule has 0 aliphatic rings. The van der Waals surface area contributed by atoms with Crippen LogP contribution in [0.15, 0.2) is 48.6 Å². The third-order valence-electron chi connectivity index (χ3n) is 10.6. The topological polar surface area (TPSA) is 78.9 Å². The quantitative estimate of drug-likeness (QED) is 0.0264. The number of allylic oxidation sites excluding steroid dienone is 8. The van der Waals surface area contributed by atoms with Gasteiger partial charge in [-0.15, -0.1) is 0 Å². The smallest absolute Gasteiger partial charge is 0.306 e. The highest BCUT2D eigenvalue weighted by atomic mass is 16.6. The number of carbonyl (C=O) groups excluding carboxylic acids is 3. The fourth-order valence-corrected chi connectivity index (χ4v) is 6.90. The van der Waals surface area contributed by atoms with Crippen LogP contribution in [-0.2, 0) is 28.6 Å². The molecule has 0 N–H and O–H groups in total. The number of esters is 3. The van der Waals surface area contributed by atoms with Crippen LogP contribution in [0.2, 0.25) is 0 Å². The first-order valence-electron chi connectivity index (χ1n) is 24.6. The van der Waals surface area contributed by atoms with Gasteiger partial charge in [0.2, 0.25) is 0 Å². The zero-order chi connectivity index (χ0) is 42.3. The lowest BCUT2D eigenvalue weighted by molar-refractivity contribution is -0.167. The summed E-state index contributed by atoms with van der Waals surface area (Å²) < 4.78 is 16.7. The van der Waals surface area contributed by atoms with Crippen molar-refractivity contribution in [3.63, 3.8) is 0 Å². The third-order valence-corrected chi connectivity index (χ3v) is 10.6. The fraction of sp³-hybridized carbons (Fsp3) is 0.788. The Hall–Kier alpha value is -2.63. The van der Waals surface area contributed by atoms with Gasteiger partial charge in [0.15, 0.2) is 6.10 Å². The SMILES string of the molecule is CC/C=C\C/C=C\C/C=C\C/C=C\CCCCC(=O)OCC(COC(=O)CCCCCCCCCCCC)OC(=O)CCCCCCCCCCCCCCCCC. The van der Waals surface area contributed by atoms with Gasteiger partial charge < -0.3 is 14.2 Å². The maximum atomic E-state index is 12.8. The van der Waals surface area contributed by atoms with E-state index < -0.39 is 6.10 Å². The second kappa shape index (κ2) is 47.1. The molecule has 0 heterocycles. The van der Waals surface area contributed by atoms with E-state index in [0.29, 0.717) is 19.3 Å². The van der Waals surface area contributed by atoms with Crippen LogP contribution in [0, 0.1) is 0 Å². The number of hydrogen-bond acceptors (Lipinski definition) is 6. The zero-order valence-corrected chi connectivity index (χ0v) is 38.3. The Balaban J connectivity index is 4.40. The van der Waals surface area contributed by atoms with Crippen molar-refractivity contribution in [2.24, 2.45) is 0 Å². The summed E-state index contributed by atoms with van der Waals surface area (Å²) in [5.74, 6) is -0.921. The second-order valence-electron chi connectivity index (χ2n) is 16.4. The predicted molar refractivity (Wildman–Crippen MR) is 247 cm³/mol. The Labute approximate surface area is 358 Å². The number of ether oxygens (including phenoxy) is 3. The molecule has 0 bridgehead atoms. The van der Waals surface area contributed by atoms with Crippen molar-refractivity contribution in [3.8, 4) is 0 Å². The first-order valence-corrected chi connectivity index (χ1v) is 24.6. The van der Waals surface area contributed by atoms with E-state index in [9.17, 15) is 14.4 Å². The molecule has 6 nitrogen and oxygen atoms in total. The molecule has 0 rings (SSSR count). The molecule has 0 radical (unpaired) electrons. The lowest BCUT2D eigenvalue weighted by atomic mass is 10.0. The normalized spacial score (nSPS) is 12.4. The summed E-state index contributed by atoms with van der Waals surface area (Å²) in [6.45, 7) is 6.48. The van der Waals surface area contributed by atoms with Gasteiger partial charge >= 0.3 is 17.9 Å². The molecule has 0 aromatic heterocycles. The van der Waals surface area contributed by atoms with E-state index in [1.807, 2.05) is 0 Å². The molecule has 0 saturated heterocycles. The average Bonchev–Trinajstić information content (AvgIpc) is 3.22. The predicted octanol–water partition coefficient (Wildman–Crippen LogP) is 15.9. The Kier molecular flexibility index (Phi) is 44.9. The standard InChI is InChI=1S/C52H92O6/c1-4-7-10-13-16-19-22-24-26-28-30-33-36-39-42-45-51(54)57-48-49(47-56-50(53)44-41-38-35-32-21-18-15-12-9-6-3)58-52(55)46-43-40-37-34-31-29-27-25-23-20-17-14-11-8-5-2/h7,10,16,19,24,26,30,33,49H,4-6,8-9,11-15,17-18,20-23,25,27-29,31-32,34-48H2,1-3H3/b10-7-,19-16-,26-24-,33-30-. The van der Waals surface area contributed by atoms with Crippen LogP contribution in [0.3, 0.4) is 0 Å². The van der Waals surface area contributed by atoms with E-state index in [-0.39, 0.29) is 31.1 Å². The molecule has 336 valence electrons. The maximum Gasteiger partial charge on any atom is 0.306 e. The minimum Gasteiger partial charge on any atom is -0.462 e. The van der Waals surface area contributed by atoms with Gasteiger partial charge in [-0.1, -0.05) is 217 Å². The minimum absolute atomic E-state index is 0.0830. The Morgan fingerprint density at radius 3 is 1.05 bits per heavy atom. The van der Waals surface area contributed by atoms with Crippen molar-refractivity contribution in [2.75, 3.05) is 13.2 Å². The molecule has 58 heavy (non-hydrogen) atoms. The van der Waals surface area contributed by atoms with Crippen molar-refractivity contribution in [3.05, 3.63) is 48.6 Å². The number of hydrogen-bond donors (Lipinski definition) is 0. The summed E-state index contributed by atoms with van der Waals surface area (Å²) >= 11 is 0. The monoisotopic (exact) mass is 813 g/mol.